The fourth-order valence-electron chi connectivity index (χ4n) is 5.30. The van der Waals surface area contributed by atoms with Gasteiger partial charge >= 0.3 is 0 Å². The molecule has 0 spiro atoms. The Bertz CT molecular complexity index is 612. The Kier molecular flexibility index (Phi) is 8.87. The molecule has 3 rings (SSSR count). The van der Waals surface area contributed by atoms with E-state index in [9.17, 15) is 9.59 Å². The zero-order valence-electron chi connectivity index (χ0n) is 17.9. The molecule has 0 aromatic carbocycles. The molecule has 0 radical (unpaired) electrons. The molecule has 1 N–H and O–H groups in total. The molecule has 30 heavy (non-hydrogen) atoms. The summed E-state index contributed by atoms with van der Waals surface area (Å²) in [6, 6.07) is 0.0911. The summed E-state index contributed by atoms with van der Waals surface area (Å²) in [6.45, 7) is 6.01. The van der Waals surface area contributed by atoms with Crippen molar-refractivity contribution in [3.05, 3.63) is 12.7 Å². The first kappa shape index (κ1) is 23.8. The van der Waals surface area contributed by atoms with Crippen molar-refractivity contribution in [2.45, 2.75) is 61.4 Å². The third-order valence-corrected chi connectivity index (χ3v) is 8.16. The summed E-state index contributed by atoms with van der Waals surface area (Å²) in [7, 11) is 1.71. The van der Waals surface area contributed by atoms with Crippen LogP contribution >= 0.6 is 23.2 Å². The first-order chi connectivity index (χ1) is 14.4. The zero-order valence-corrected chi connectivity index (χ0v) is 19.4. The van der Waals surface area contributed by atoms with Crippen molar-refractivity contribution >= 4 is 35.0 Å². The largest absolute Gasteiger partial charge is 0.380 e. The normalized spacial score (nSPS) is 35.2. The summed E-state index contributed by atoms with van der Waals surface area (Å²) in [6.07, 6.45) is 7.61. The van der Waals surface area contributed by atoms with Crippen LogP contribution < -0.4 is 5.32 Å². The lowest BCUT2D eigenvalue weighted by molar-refractivity contribution is -0.136. The highest BCUT2D eigenvalue weighted by Gasteiger charge is 2.42. The molecule has 170 valence electrons. The predicted octanol–water partition coefficient (Wildman–Crippen LogP) is 2.63. The number of methoxy groups -OCH3 is 1. The molecule has 1 saturated heterocycles. The Morgan fingerprint density at radius 1 is 1.03 bits per heavy atom. The average molecular weight is 460 g/mol. The molecular formula is C22H35Cl2N3O3. The van der Waals surface area contributed by atoms with E-state index in [-0.39, 0.29) is 41.3 Å². The molecule has 6 unspecified atom stereocenters. The number of hydrogen-bond acceptors (Lipinski definition) is 4. The third kappa shape index (κ3) is 5.70. The van der Waals surface area contributed by atoms with Gasteiger partial charge in [0.05, 0.1) is 12.6 Å². The lowest BCUT2D eigenvalue weighted by Crippen LogP contribution is -2.55. The Morgan fingerprint density at radius 3 is 2.33 bits per heavy atom. The number of carbonyl (C=O) groups excluding carboxylic acids is 2. The van der Waals surface area contributed by atoms with Gasteiger partial charge in [0.2, 0.25) is 11.8 Å². The monoisotopic (exact) mass is 459 g/mol. The molecule has 6 nitrogen and oxygen atoms in total. The Morgan fingerprint density at radius 2 is 1.70 bits per heavy atom. The number of halogens is 2. The fourth-order valence-corrected chi connectivity index (χ4v) is 6.24. The molecule has 2 saturated carbocycles. The van der Waals surface area contributed by atoms with Gasteiger partial charge in [-0.15, -0.1) is 23.2 Å². The maximum atomic E-state index is 12.7. The van der Waals surface area contributed by atoms with E-state index in [1.54, 1.807) is 12.0 Å². The number of hydrogen-bond donors (Lipinski definition) is 1. The van der Waals surface area contributed by atoms with Crippen LogP contribution in [-0.4, -0.2) is 84.3 Å². The molecule has 0 aromatic heterocycles. The maximum Gasteiger partial charge on any atom is 0.246 e. The van der Waals surface area contributed by atoms with E-state index in [2.05, 4.69) is 11.9 Å². The van der Waals surface area contributed by atoms with E-state index >= 15 is 0 Å². The van der Waals surface area contributed by atoms with Crippen LogP contribution in [0.3, 0.4) is 0 Å². The second kappa shape index (κ2) is 11.2. The van der Waals surface area contributed by atoms with Gasteiger partial charge in [-0.2, -0.15) is 0 Å². The highest BCUT2D eigenvalue weighted by atomic mass is 35.5. The number of carbonyl (C=O) groups is 2. The van der Waals surface area contributed by atoms with Gasteiger partial charge in [0.25, 0.3) is 0 Å². The van der Waals surface area contributed by atoms with Gasteiger partial charge in [-0.1, -0.05) is 19.4 Å². The molecule has 3 fully saturated rings. The van der Waals surface area contributed by atoms with Crippen LogP contribution in [0.15, 0.2) is 12.7 Å². The van der Waals surface area contributed by atoms with Crippen molar-refractivity contribution in [2.75, 3.05) is 39.8 Å². The topological polar surface area (TPSA) is 61.9 Å². The Balaban J connectivity index is 1.53. The van der Waals surface area contributed by atoms with Crippen molar-refractivity contribution in [3.8, 4) is 0 Å². The standard InChI is InChI=1S/C22H35Cl2N3O3/c1-3-21(28)26-8-10-27(11-9-26)22(29)14-25-19-12-16(18(24)13-20(19)30-2)15-6-4-5-7-17(15)23/h3,15-20,25H,1,4-14H2,2H3. The van der Waals surface area contributed by atoms with Crippen LogP contribution in [0.2, 0.25) is 0 Å². The van der Waals surface area contributed by atoms with Crippen LogP contribution in [0, 0.1) is 11.8 Å². The van der Waals surface area contributed by atoms with Crippen molar-refractivity contribution in [1.29, 1.82) is 0 Å². The highest BCUT2D eigenvalue weighted by Crippen LogP contribution is 2.43. The van der Waals surface area contributed by atoms with E-state index in [1.807, 2.05) is 4.90 Å². The summed E-state index contributed by atoms with van der Waals surface area (Å²) < 4.78 is 5.71. The molecule has 0 aromatic rings. The molecule has 1 aliphatic heterocycles. The van der Waals surface area contributed by atoms with E-state index in [4.69, 9.17) is 27.9 Å². The van der Waals surface area contributed by atoms with Crippen LogP contribution in [0.1, 0.15) is 38.5 Å². The molecule has 6 atom stereocenters. The minimum absolute atomic E-state index is 0.00373. The number of amides is 2. The van der Waals surface area contributed by atoms with Gasteiger partial charge in [0.1, 0.15) is 0 Å². The predicted molar refractivity (Wildman–Crippen MR) is 120 cm³/mol. The van der Waals surface area contributed by atoms with Crippen molar-refractivity contribution in [2.24, 2.45) is 11.8 Å². The number of rotatable bonds is 6. The number of nitrogens with one attached hydrogen (secondary N) is 1. The molecule has 2 amide bonds. The first-order valence-electron chi connectivity index (χ1n) is 11.2. The smallest absolute Gasteiger partial charge is 0.246 e. The summed E-state index contributed by atoms with van der Waals surface area (Å²) in [5, 5.41) is 3.71. The van der Waals surface area contributed by atoms with E-state index in [1.165, 1.54) is 18.9 Å². The molecule has 0 bridgehead atoms. The van der Waals surface area contributed by atoms with Gasteiger partial charge in [-0.25, -0.2) is 0 Å². The number of alkyl halides is 2. The van der Waals surface area contributed by atoms with Crippen LogP contribution in [-0.2, 0) is 14.3 Å². The quantitative estimate of drug-likeness (QED) is 0.489. The molecular weight excluding hydrogens is 425 g/mol. The van der Waals surface area contributed by atoms with Gasteiger partial charge in [0.15, 0.2) is 0 Å². The number of ether oxygens (including phenoxy) is 1. The molecule has 1 heterocycles. The van der Waals surface area contributed by atoms with Crippen LogP contribution in [0.5, 0.6) is 0 Å². The lowest BCUT2D eigenvalue weighted by atomic mass is 9.71. The van der Waals surface area contributed by atoms with Gasteiger partial charge in [-0.05, 0) is 43.6 Å². The Labute approximate surface area is 190 Å². The van der Waals surface area contributed by atoms with Crippen molar-refractivity contribution in [3.63, 3.8) is 0 Å². The van der Waals surface area contributed by atoms with E-state index in [0.717, 1.165) is 25.7 Å². The number of nitrogens with zero attached hydrogens (tertiary/aromatic N) is 2. The Hall–Kier alpha value is -0.820. The van der Waals surface area contributed by atoms with Gasteiger partial charge in [0, 0.05) is 50.1 Å². The third-order valence-electron chi connectivity index (χ3n) is 7.12. The summed E-state index contributed by atoms with van der Waals surface area (Å²) in [5.41, 5.74) is 0. The molecule has 2 aliphatic carbocycles. The van der Waals surface area contributed by atoms with Crippen LogP contribution in [0.4, 0.5) is 0 Å². The van der Waals surface area contributed by atoms with Gasteiger partial charge < -0.3 is 19.9 Å². The number of piperazine rings is 1. The van der Waals surface area contributed by atoms with Crippen LogP contribution in [0.25, 0.3) is 0 Å². The second-order valence-electron chi connectivity index (χ2n) is 8.79. The molecule has 3 aliphatic rings. The van der Waals surface area contributed by atoms with E-state index in [0.29, 0.717) is 38.0 Å². The lowest BCUT2D eigenvalue weighted by Gasteiger charge is -2.44. The van der Waals surface area contributed by atoms with Crippen molar-refractivity contribution in [1.82, 2.24) is 15.1 Å². The average Bonchev–Trinajstić information content (AvgIpc) is 2.77. The molecule has 8 heteroatoms. The fraction of sp³-hybridized carbons (Fsp3) is 0.818. The summed E-state index contributed by atoms with van der Waals surface area (Å²) >= 11 is 13.4. The SMILES string of the molecule is C=CC(=O)N1CCN(C(=O)CNC2CC(C3CCCCC3Cl)C(Cl)CC2OC)CC1. The minimum Gasteiger partial charge on any atom is -0.380 e. The highest BCUT2D eigenvalue weighted by molar-refractivity contribution is 6.22. The zero-order chi connectivity index (χ0) is 21.7. The minimum atomic E-state index is -0.0765. The summed E-state index contributed by atoms with van der Waals surface area (Å²) in [5.74, 6) is 0.776. The first-order valence-corrected chi connectivity index (χ1v) is 12.0. The maximum absolute atomic E-state index is 12.7. The second-order valence-corrected chi connectivity index (χ2v) is 9.91. The van der Waals surface area contributed by atoms with Gasteiger partial charge in [-0.3, -0.25) is 9.59 Å². The van der Waals surface area contributed by atoms with E-state index < -0.39 is 0 Å². The summed E-state index contributed by atoms with van der Waals surface area (Å²) in [4.78, 5) is 28.0. The van der Waals surface area contributed by atoms with Crippen molar-refractivity contribution < 1.29 is 14.3 Å².